The standard InChI is InChI=1S/C25H27N/c1-14(2)18-12-21-20(15(3)4)7-8-23-24(21)22(13-18)25(26-23)19-10-16(5)9-17(6)11-19/h7-15H,1-6H3. The van der Waals surface area contributed by atoms with E-state index in [1.54, 1.807) is 0 Å². The van der Waals surface area contributed by atoms with Gasteiger partial charge in [0.2, 0.25) is 0 Å². The molecule has 1 heterocycles. The van der Waals surface area contributed by atoms with Crippen LogP contribution in [0.15, 0.2) is 47.5 Å². The van der Waals surface area contributed by atoms with Crippen LogP contribution in [0, 0.1) is 13.8 Å². The summed E-state index contributed by atoms with van der Waals surface area (Å²) in [6.07, 6.45) is 0. The van der Waals surface area contributed by atoms with Crippen molar-refractivity contribution in [3.05, 3.63) is 75.8 Å². The number of hydrogen-bond donors (Lipinski definition) is 0. The number of benzene rings is 3. The van der Waals surface area contributed by atoms with Crippen LogP contribution in [0.3, 0.4) is 0 Å². The summed E-state index contributed by atoms with van der Waals surface area (Å²) in [5, 5.41) is 2.71. The molecule has 0 unspecified atom stereocenters. The summed E-state index contributed by atoms with van der Waals surface area (Å²) in [6, 6.07) is 16.0. The highest BCUT2D eigenvalue weighted by atomic mass is 14.8. The van der Waals surface area contributed by atoms with E-state index in [9.17, 15) is 0 Å². The fraction of sp³-hybridized carbons (Fsp3) is 0.320. The molecule has 0 N–H and O–H groups in total. The predicted octanol–water partition coefficient (Wildman–Crippen LogP) is 7.19. The third kappa shape index (κ3) is 2.67. The molecule has 0 aromatic heterocycles. The Bertz CT molecular complexity index is 1030. The van der Waals surface area contributed by atoms with Crippen molar-refractivity contribution in [3.8, 4) is 0 Å². The molecule has 0 saturated heterocycles. The Morgan fingerprint density at radius 3 is 2.08 bits per heavy atom. The summed E-state index contributed by atoms with van der Waals surface area (Å²) >= 11 is 0. The fourth-order valence-corrected chi connectivity index (χ4v) is 4.14. The van der Waals surface area contributed by atoms with E-state index in [0.29, 0.717) is 11.8 Å². The lowest BCUT2D eigenvalue weighted by Crippen LogP contribution is -2.03. The second kappa shape index (κ2) is 6.09. The molecule has 0 atom stereocenters. The molecule has 3 aromatic rings. The molecule has 0 amide bonds. The minimum absolute atomic E-state index is 0.500. The number of nitrogens with zero attached hydrogens (tertiary/aromatic N) is 1. The molecule has 1 heteroatoms. The van der Waals surface area contributed by atoms with Crippen molar-refractivity contribution >= 4 is 22.2 Å². The van der Waals surface area contributed by atoms with Crippen LogP contribution in [-0.4, -0.2) is 5.71 Å². The molecule has 1 aliphatic heterocycles. The highest BCUT2D eigenvalue weighted by Crippen LogP contribution is 2.42. The quantitative estimate of drug-likeness (QED) is 0.374. The van der Waals surface area contributed by atoms with Crippen LogP contribution in [0.1, 0.15) is 72.9 Å². The molecule has 0 aliphatic carbocycles. The SMILES string of the molecule is Cc1cc(C)cc(C2=Nc3ccc(C(C)C)c4cc(C(C)C)cc2c34)c1. The minimum Gasteiger partial charge on any atom is -0.247 e. The van der Waals surface area contributed by atoms with E-state index in [-0.39, 0.29) is 0 Å². The summed E-state index contributed by atoms with van der Waals surface area (Å²) in [6.45, 7) is 13.4. The molecule has 0 saturated carbocycles. The first-order chi connectivity index (χ1) is 12.3. The Morgan fingerprint density at radius 2 is 1.46 bits per heavy atom. The van der Waals surface area contributed by atoms with Crippen molar-refractivity contribution in [2.75, 3.05) is 0 Å². The third-order valence-corrected chi connectivity index (χ3v) is 5.42. The maximum absolute atomic E-state index is 5.07. The van der Waals surface area contributed by atoms with Gasteiger partial charge < -0.3 is 0 Å². The molecule has 1 aliphatic rings. The van der Waals surface area contributed by atoms with Crippen molar-refractivity contribution in [3.63, 3.8) is 0 Å². The summed E-state index contributed by atoms with van der Waals surface area (Å²) in [5.74, 6) is 1.00. The molecule has 0 bridgehead atoms. The first-order valence-electron chi connectivity index (χ1n) is 9.63. The van der Waals surface area contributed by atoms with Crippen molar-refractivity contribution < 1.29 is 0 Å². The minimum atomic E-state index is 0.500. The molecule has 26 heavy (non-hydrogen) atoms. The van der Waals surface area contributed by atoms with Crippen molar-refractivity contribution in [1.82, 2.24) is 0 Å². The molecule has 0 radical (unpaired) electrons. The van der Waals surface area contributed by atoms with E-state index in [4.69, 9.17) is 4.99 Å². The second-order valence-electron chi connectivity index (χ2n) is 8.31. The summed E-state index contributed by atoms with van der Waals surface area (Å²) in [4.78, 5) is 5.07. The fourth-order valence-electron chi connectivity index (χ4n) is 4.14. The van der Waals surface area contributed by atoms with Gasteiger partial charge >= 0.3 is 0 Å². The van der Waals surface area contributed by atoms with Gasteiger partial charge in [0.05, 0.1) is 11.4 Å². The van der Waals surface area contributed by atoms with Crippen LogP contribution < -0.4 is 0 Å². The molecule has 4 rings (SSSR count). The summed E-state index contributed by atoms with van der Waals surface area (Å²) in [5.41, 5.74) is 10.2. The van der Waals surface area contributed by atoms with E-state index in [2.05, 4.69) is 84.0 Å². The molecule has 0 spiro atoms. The van der Waals surface area contributed by atoms with Gasteiger partial charge in [-0.25, -0.2) is 4.99 Å². The van der Waals surface area contributed by atoms with Gasteiger partial charge in [0.15, 0.2) is 0 Å². The Morgan fingerprint density at radius 1 is 0.769 bits per heavy atom. The average molecular weight is 341 g/mol. The smallest absolute Gasteiger partial charge is 0.0789 e. The molecular formula is C25H27N. The zero-order chi connectivity index (χ0) is 18.6. The zero-order valence-corrected chi connectivity index (χ0v) is 16.6. The van der Waals surface area contributed by atoms with Crippen LogP contribution in [-0.2, 0) is 0 Å². The van der Waals surface area contributed by atoms with Crippen molar-refractivity contribution in [2.45, 2.75) is 53.4 Å². The van der Waals surface area contributed by atoms with Gasteiger partial charge in [0.1, 0.15) is 0 Å². The number of hydrogen-bond acceptors (Lipinski definition) is 1. The first-order valence-corrected chi connectivity index (χ1v) is 9.63. The first kappa shape index (κ1) is 17.0. The van der Waals surface area contributed by atoms with Crippen LogP contribution in [0.5, 0.6) is 0 Å². The number of aliphatic imine (C=N–C) groups is 1. The highest BCUT2D eigenvalue weighted by Gasteiger charge is 2.23. The van der Waals surface area contributed by atoms with Crippen LogP contribution in [0.4, 0.5) is 5.69 Å². The lowest BCUT2D eigenvalue weighted by atomic mass is 9.87. The highest BCUT2D eigenvalue weighted by molar-refractivity contribution is 6.26. The normalized spacial score (nSPS) is 13.2. The number of rotatable bonds is 3. The molecule has 0 fully saturated rings. The van der Waals surface area contributed by atoms with E-state index in [1.807, 2.05) is 0 Å². The van der Waals surface area contributed by atoms with E-state index in [1.165, 1.54) is 44.2 Å². The van der Waals surface area contributed by atoms with Gasteiger partial charge in [-0.05, 0) is 66.5 Å². The zero-order valence-electron chi connectivity index (χ0n) is 16.6. The lowest BCUT2D eigenvalue weighted by molar-refractivity contribution is 0.862. The Kier molecular flexibility index (Phi) is 3.99. The van der Waals surface area contributed by atoms with Crippen LogP contribution >= 0.6 is 0 Å². The van der Waals surface area contributed by atoms with Gasteiger partial charge in [-0.3, -0.25) is 0 Å². The maximum atomic E-state index is 5.07. The Labute approximate surface area is 156 Å². The van der Waals surface area contributed by atoms with E-state index < -0.39 is 0 Å². The topological polar surface area (TPSA) is 12.4 Å². The maximum Gasteiger partial charge on any atom is 0.0789 e. The van der Waals surface area contributed by atoms with E-state index in [0.717, 1.165) is 11.4 Å². The third-order valence-electron chi connectivity index (χ3n) is 5.42. The van der Waals surface area contributed by atoms with Crippen LogP contribution in [0.2, 0.25) is 0 Å². The summed E-state index contributed by atoms with van der Waals surface area (Å²) < 4.78 is 0. The van der Waals surface area contributed by atoms with Gasteiger partial charge in [-0.1, -0.05) is 57.0 Å². The van der Waals surface area contributed by atoms with Crippen molar-refractivity contribution in [2.24, 2.45) is 4.99 Å². The Balaban J connectivity index is 2.04. The van der Waals surface area contributed by atoms with Crippen molar-refractivity contribution in [1.29, 1.82) is 0 Å². The molecule has 3 aromatic carbocycles. The molecule has 1 nitrogen and oxygen atoms in total. The van der Waals surface area contributed by atoms with Gasteiger partial charge in [0, 0.05) is 16.5 Å². The average Bonchev–Trinajstić information content (AvgIpc) is 2.94. The largest absolute Gasteiger partial charge is 0.247 e. The lowest BCUT2D eigenvalue weighted by Gasteiger charge is -2.15. The van der Waals surface area contributed by atoms with Gasteiger partial charge in [-0.15, -0.1) is 0 Å². The van der Waals surface area contributed by atoms with E-state index >= 15 is 0 Å². The Hall–Kier alpha value is -2.41. The molecule has 132 valence electrons. The van der Waals surface area contributed by atoms with Crippen LogP contribution in [0.25, 0.3) is 10.8 Å². The monoisotopic (exact) mass is 341 g/mol. The predicted molar refractivity (Wildman–Crippen MR) is 113 cm³/mol. The van der Waals surface area contributed by atoms with Gasteiger partial charge in [-0.2, -0.15) is 0 Å². The summed E-state index contributed by atoms with van der Waals surface area (Å²) in [7, 11) is 0. The van der Waals surface area contributed by atoms with Gasteiger partial charge in [0.25, 0.3) is 0 Å². The number of aryl methyl sites for hydroxylation is 2. The molecular weight excluding hydrogens is 314 g/mol. The second-order valence-corrected chi connectivity index (χ2v) is 8.31.